The van der Waals surface area contributed by atoms with Gasteiger partial charge in [0.1, 0.15) is 5.82 Å². The molecule has 0 atom stereocenters. The van der Waals surface area contributed by atoms with Crippen molar-refractivity contribution in [1.29, 1.82) is 0 Å². The molecule has 1 amide bonds. The SMILES string of the molecule is CC(=O)NCCc1c[nH]c2c(-c3cccc(-c4ccn[nH]4)c3)cc(F)cc12. The Morgan fingerprint density at radius 3 is 2.81 bits per heavy atom. The van der Waals surface area contributed by atoms with Gasteiger partial charge in [-0.1, -0.05) is 18.2 Å². The maximum Gasteiger partial charge on any atom is 0.216 e. The van der Waals surface area contributed by atoms with Crippen LogP contribution < -0.4 is 5.32 Å². The number of aromatic nitrogens is 3. The number of aromatic amines is 2. The number of carbonyl (C=O) groups is 1. The lowest BCUT2D eigenvalue weighted by Gasteiger charge is -2.08. The molecule has 0 bridgehead atoms. The highest BCUT2D eigenvalue weighted by Crippen LogP contribution is 2.33. The summed E-state index contributed by atoms with van der Waals surface area (Å²) in [5, 5.41) is 10.6. The molecule has 0 saturated heterocycles. The first kappa shape index (κ1) is 17.0. The van der Waals surface area contributed by atoms with Crippen molar-refractivity contribution >= 4 is 16.8 Å². The molecule has 2 aromatic carbocycles. The molecule has 136 valence electrons. The van der Waals surface area contributed by atoms with E-state index in [0.29, 0.717) is 13.0 Å². The fourth-order valence-corrected chi connectivity index (χ4v) is 3.33. The average Bonchev–Trinajstić information content (AvgIpc) is 3.31. The van der Waals surface area contributed by atoms with Crippen LogP contribution in [0.1, 0.15) is 12.5 Å². The fourth-order valence-electron chi connectivity index (χ4n) is 3.33. The zero-order valence-electron chi connectivity index (χ0n) is 14.8. The van der Waals surface area contributed by atoms with Crippen LogP contribution in [0, 0.1) is 5.82 Å². The van der Waals surface area contributed by atoms with E-state index in [1.807, 2.05) is 36.5 Å². The number of carbonyl (C=O) groups excluding carboxylic acids is 1. The summed E-state index contributed by atoms with van der Waals surface area (Å²) in [6.45, 7) is 2.00. The van der Waals surface area contributed by atoms with Gasteiger partial charge in [0.25, 0.3) is 0 Å². The Labute approximate surface area is 155 Å². The van der Waals surface area contributed by atoms with Crippen molar-refractivity contribution < 1.29 is 9.18 Å². The molecular weight excluding hydrogens is 343 g/mol. The van der Waals surface area contributed by atoms with Gasteiger partial charge in [0.15, 0.2) is 0 Å². The second-order valence-corrected chi connectivity index (χ2v) is 6.47. The van der Waals surface area contributed by atoms with Crippen molar-refractivity contribution in [2.75, 3.05) is 6.54 Å². The number of rotatable bonds is 5. The highest BCUT2D eigenvalue weighted by Gasteiger charge is 2.13. The maximum atomic E-state index is 14.4. The van der Waals surface area contributed by atoms with Gasteiger partial charge in [0.2, 0.25) is 5.91 Å². The van der Waals surface area contributed by atoms with E-state index in [1.54, 1.807) is 12.3 Å². The zero-order chi connectivity index (χ0) is 18.8. The first-order chi connectivity index (χ1) is 13.1. The minimum Gasteiger partial charge on any atom is -0.360 e. The maximum absolute atomic E-state index is 14.4. The Hall–Kier alpha value is -3.41. The quantitative estimate of drug-likeness (QED) is 0.501. The van der Waals surface area contributed by atoms with Crippen molar-refractivity contribution in [2.45, 2.75) is 13.3 Å². The third-order valence-corrected chi connectivity index (χ3v) is 4.59. The number of hydrogen-bond donors (Lipinski definition) is 3. The van der Waals surface area contributed by atoms with E-state index in [1.165, 1.54) is 13.0 Å². The van der Waals surface area contributed by atoms with Gasteiger partial charge in [-0.05, 0) is 41.8 Å². The molecule has 0 saturated carbocycles. The van der Waals surface area contributed by atoms with E-state index in [9.17, 15) is 9.18 Å². The molecule has 2 heterocycles. The van der Waals surface area contributed by atoms with Gasteiger partial charge in [-0.25, -0.2) is 4.39 Å². The van der Waals surface area contributed by atoms with Crippen LogP contribution in [-0.2, 0) is 11.2 Å². The zero-order valence-corrected chi connectivity index (χ0v) is 14.8. The molecule has 0 aliphatic rings. The van der Waals surface area contributed by atoms with E-state index >= 15 is 0 Å². The lowest BCUT2D eigenvalue weighted by atomic mass is 9.98. The molecule has 5 nitrogen and oxygen atoms in total. The molecular formula is C21H19FN4O. The molecule has 4 rings (SSSR count). The molecule has 6 heteroatoms. The summed E-state index contributed by atoms with van der Waals surface area (Å²) in [4.78, 5) is 14.3. The molecule has 0 spiro atoms. The smallest absolute Gasteiger partial charge is 0.216 e. The Morgan fingerprint density at radius 1 is 1.19 bits per heavy atom. The van der Waals surface area contributed by atoms with Crippen LogP contribution in [0.15, 0.2) is 54.9 Å². The molecule has 27 heavy (non-hydrogen) atoms. The normalized spacial score (nSPS) is 11.0. The Balaban J connectivity index is 1.75. The van der Waals surface area contributed by atoms with Gasteiger partial charge in [0.05, 0.1) is 11.2 Å². The number of hydrogen-bond acceptors (Lipinski definition) is 2. The van der Waals surface area contributed by atoms with E-state index in [-0.39, 0.29) is 11.7 Å². The molecule has 0 aliphatic heterocycles. The van der Waals surface area contributed by atoms with Gasteiger partial charge in [-0.3, -0.25) is 9.89 Å². The number of nitrogens with one attached hydrogen (secondary N) is 3. The van der Waals surface area contributed by atoms with Crippen molar-refractivity contribution in [2.24, 2.45) is 0 Å². The first-order valence-electron chi connectivity index (χ1n) is 8.76. The molecule has 0 unspecified atom stereocenters. The van der Waals surface area contributed by atoms with Crippen LogP contribution in [-0.4, -0.2) is 27.6 Å². The predicted octanol–water partition coefficient (Wildman–Crippen LogP) is 4.04. The number of halogens is 1. The highest BCUT2D eigenvalue weighted by atomic mass is 19.1. The van der Waals surface area contributed by atoms with Crippen LogP contribution in [0.4, 0.5) is 4.39 Å². The lowest BCUT2D eigenvalue weighted by Crippen LogP contribution is -2.22. The Morgan fingerprint density at radius 2 is 2.04 bits per heavy atom. The van der Waals surface area contributed by atoms with Crippen LogP contribution >= 0.6 is 0 Å². The summed E-state index contributed by atoms with van der Waals surface area (Å²) in [7, 11) is 0. The minimum atomic E-state index is -0.287. The van der Waals surface area contributed by atoms with Crippen LogP contribution in [0.3, 0.4) is 0 Å². The lowest BCUT2D eigenvalue weighted by molar-refractivity contribution is -0.118. The number of fused-ring (bicyclic) bond motifs is 1. The molecule has 4 aromatic rings. The summed E-state index contributed by atoms with van der Waals surface area (Å²) < 4.78 is 14.4. The first-order valence-corrected chi connectivity index (χ1v) is 8.76. The third kappa shape index (κ3) is 3.46. The van der Waals surface area contributed by atoms with Gasteiger partial charge < -0.3 is 10.3 Å². The number of benzene rings is 2. The molecule has 3 N–H and O–H groups in total. The van der Waals surface area contributed by atoms with Crippen LogP contribution in [0.25, 0.3) is 33.3 Å². The van der Waals surface area contributed by atoms with Crippen LogP contribution in [0.2, 0.25) is 0 Å². The van der Waals surface area contributed by atoms with Gasteiger partial charge in [-0.15, -0.1) is 0 Å². The van der Waals surface area contributed by atoms with Gasteiger partial charge >= 0.3 is 0 Å². The van der Waals surface area contributed by atoms with Gasteiger partial charge in [0, 0.05) is 42.4 Å². The number of H-pyrrole nitrogens is 2. The average molecular weight is 362 g/mol. The molecule has 0 fully saturated rings. The summed E-state index contributed by atoms with van der Waals surface area (Å²) in [5.41, 5.74) is 5.48. The second kappa shape index (κ2) is 7.07. The topological polar surface area (TPSA) is 73.6 Å². The Bertz CT molecular complexity index is 1100. The van der Waals surface area contributed by atoms with Crippen molar-refractivity contribution in [3.05, 3.63) is 66.2 Å². The largest absolute Gasteiger partial charge is 0.360 e. The standard InChI is InChI=1S/C21H19FN4O/c1-13(27)23-7-5-16-12-24-21-18(10-17(22)11-19(16)21)14-3-2-4-15(9-14)20-6-8-25-26-20/h2-4,6,8-12,24H,5,7H2,1H3,(H,23,27)(H,25,26). The highest BCUT2D eigenvalue weighted by molar-refractivity contribution is 5.96. The van der Waals surface area contributed by atoms with E-state index < -0.39 is 0 Å². The second-order valence-electron chi connectivity index (χ2n) is 6.47. The predicted molar refractivity (Wildman–Crippen MR) is 104 cm³/mol. The van der Waals surface area contributed by atoms with Crippen molar-refractivity contribution in [3.63, 3.8) is 0 Å². The molecule has 0 radical (unpaired) electrons. The Kier molecular flexibility index (Phi) is 4.46. The summed E-state index contributed by atoms with van der Waals surface area (Å²) in [6, 6.07) is 12.9. The van der Waals surface area contributed by atoms with E-state index in [2.05, 4.69) is 20.5 Å². The van der Waals surface area contributed by atoms with Crippen molar-refractivity contribution in [3.8, 4) is 22.4 Å². The van der Waals surface area contributed by atoms with E-state index in [4.69, 9.17) is 0 Å². The van der Waals surface area contributed by atoms with Crippen LogP contribution in [0.5, 0.6) is 0 Å². The molecule has 0 aliphatic carbocycles. The molecule has 2 aromatic heterocycles. The monoisotopic (exact) mass is 362 g/mol. The van der Waals surface area contributed by atoms with Crippen molar-refractivity contribution in [1.82, 2.24) is 20.5 Å². The fraction of sp³-hybridized carbons (Fsp3) is 0.143. The minimum absolute atomic E-state index is 0.0719. The van der Waals surface area contributed by atoms with Gasteiger partial charge in [-0.2, -0.15) is 5.10 Å². The third-order valence-electron chi connectivity index (χ3n) is 4.59. The number of nitrogens with zero attached hydrogens (tertiary/aromatic N) is 1. The summed E-state index contributed by atoms with van der Waals surface area (Å²) in [6.07, 6.45) is 4.22. The van der Waals surface area contributed by atoms with E-state index in [0.717, 1.165) is 38.9 Å². The summed E-state index contributed by atoms with van der Waals surface area (Å²) in [5.74, 6) is -0.359. The number of amides is 1. The summed E-state index contributed by atoms with van der Waals surface area (Å²) >= 11 is 0.